The van der Waals surface area contributed by atoms with Gasteiger partial charge in [0.25, 0.3) is 0 Å². The normalized spacial score (nSPS) is 35.2. The van der Waals surface area contributed by atoms with E-state index in [1.807, 2.05) is 0 Å². The summed E-state index contributed by atoms with van der Waals surface area (Å²) in [7, 11) is 0. The second kappa shape index (κ2) is 5.15. The first-order valence-electron chi connectivity index (χ1n) is 6.93. The molecule has 0 amide bonds. The lowest BCUT2D eigenvalue weighted by atomic mass is 9.99. The van der Waals surface area contributed by atoms with Gasteiger partial charge in [-0.15, -0.1) is 0 Å². The fourth-order valence-electron chi connectivity index (χ4n) is 3.17. The van der Waals surface area contributed by atoms with Gasteiger partial charge in [-0.1, -0.05) is 0 Å². The van der Waals surface area contributed by atoms with Crippen molar-refractivity contribution >= 4 is 5.97 Å². The third kappa shape index (κ3) is 2.68. The molecule has 1 saturated heterocycles. The van der Waals surface area contributed by atoms with Crippen molar-refractivity contribution in [1.82, 2.24) is 9.80 Å². The summed E-state index contributed by atoms with van der Waals surface area (Å²) in [4.78, 5) is 16.0. The van der Waals surface area contributed by atoms with Gasteiger partial charge in [0.2, 0.25) is 0 Å². The predicted octanol–water partition coefficient (Wildman–Crippen LogP) is 0.347. The molecule has 1 heterocycles. The zero-order valence-corrected chi connectivity index (χ0v) is 11.4. The highest BCUT2D eigenvalue weighted by molar-refractivity contribution is 5.79. The van der Waals surface area contributed by atoms with Crippen molar-refractivity contribution in [3.05, 3.63) is 0 Å². The molecule has 18 heavy (non-hydrogen) atoms. The summed E-state index contributed by atoms with van der Waals surface area (Å²) in [5.74, 6) is -0.842. The number of nitrogens with two attached hydrogens (primary N) is 1. The van der Waals surface area contributed by atoms with Gasteiger partial charge in [0.1, 0.15) is 5.54 Å². The lowest BCUT2D eigenvalue weighted by Crippen LogP contribution is -2.53. The number of hydrogen-bond acceptors (Lipinski definition) is 4. The Bertz CT molecular complexity index is 313. The van der Waals surface area contributed by atoms with E-state index in [1.165, 1.54) is 0 Å². The van der Waals surface area contributed by atoms with E-state index in [0.717, 1.165) is 32.6 Å². The van der Waals surface area contributed by atoms with Crippen LogP contribution in [-0.4, -0.2) is 64.7 Å². The van der Waals surface area contributed by atoms with Crippen molar-refractivity contribution in [3.63, 3.8) is 0 Å². The molecule has 0 spiro atoms. The van der Waals surface area contributed by atoms with Crippen LogP contribution >= 0.6 is 0 Å². The summed E-state index contributed by atoms with van der Waals surface area (Å²) >= 11 is 0. The van der Waals surface area contributed by atoms with Crippen molar-refractivity contribution in [2.45, 2.75) is 50.7 Å². The molecule has 2 aliphatic rings. The van der Waals surface area contributed by atoms with Gasteiger partial charge in [0.05, 0.1) is 0 Å². The van der Waals surface area contributed by atoms with Crippen LogP contribution in [0.15, 0.2) is 0 Å². The molecule has 5 nitrogen and oxygen atoms in total. The summed E-state index contributed by atoms with van der Waals surface area (Å²) in [5.41, 5.74) is 4.95. The van der Waals surface area contributed by atoms with Gasteiger partial charge in [-0.05, 0) is 33.1 Å². The van der Waals surface area contributed by atoms with Gasteiger partial charge in [0.15, 0.2) is 0 Å². The SMILES string of the molecule is CC(C)N1CCN(C2CCC(N)(C(=O)O)C2)CC1. The van der Waals surface area contributed by atoms with Crippen LogP contribution in [0.3, 0.4) is 0 Å². The number of rotatable bonds is 3. The maximum Gasteiger partial charge on any atom is 0.323 e. The Morgan fingerprint density at radius 1 is 1.33 bits per heavy atom. The van der Waals surface area contributed by atoms with E-state index in [1.54, 1.807) is 0 Å². The minimum absolute atomic E-state index is 0.361. The van der Waals surface area contributed by atoms with Gasteiger partial charge < -0.3 is 10.8 Å². The van der Waals surface area contributed by atoms with E-state index in [9.17, 15) is 4.79 Å². The summed E-state index contributed by atoms with van der Waals surface area (Å²) < 4.78 is 0. The first kappa shape index (κ1) is 13.8. The molecule has 2 atom stereocenters. The number of carbonyl (C=O) groups is 1. The Balaban J connectivity index is 1.87. The number of carboxylic acid groups (broad SMARTS) is 1. The molecule has 0 aromatic rings. The van der Waals surface area contributed by atoms with E-state index in [-0.39, 0.29) is 0 Å². The summed E-state index contributed by atoms with van der Waals surface area (Å²) in [5, 5.41) is 9.15. The van der Waals surface area contributed by atoms with Crippen LogP contribution in [0.4, 0.5) is 0 Å². The molecule has 3 N–H and O–H groups in total. The summed E-state index contributed by atoms with van der Waals surface area (Å²) in [6.45, 7) is 8.69. The predicted molar refractivity (Wildman–Crippen MR) is 70.5 cm³/mol. The topological polar surface area (TPSA) is 69.8 Å². The van der Waals surface area contributed by atoms with Crippen LogP contribution in [0.25, 0.3) is 0 Å². The van der Waals surface area contributed by atoms with Gasteiger partial charge in [-0.2, -0.15) is 0 Å². The van der Waals surface area contributed by atoms with E-state index >= 15 is 0 Å². The largest absolute Gasteiger partial charge is 0.480 e. The first-order chi connectivity index (χ1) is 8.42. The summed E-state index contributed by atoms with van der Waals surface area (Å²) in [6.07, 6.45) is 2.13. The Morgan fingerprint density at radius 3 is 2.39 bits per heavy atom. The van der Waals surface area contributed by atoms with Crippen LogP contribution in [0, 0.1) is 0 Å². The maximum absolute atomic E-state index is 11.1. The first-order valence-corrected chi connectivity index (χ1v) is 6.93. The number of hydrogen-bond donors (Lipinski definition) is 2. The Hall–Kier alpha value is -0.650. The second-order valence-electron chi connectivity index (χ2n) is 6.02. The molecule has 1 aliphatic heterocycles. The standard InChI is InChI=1S/C13H25N3O2/c1-10(2)15-5-7-16(8-6-15)11-3-4-13(14,9-11)12(17)18/h10-11H,3-9,14H2,1-2H3,(H,17,18). The Labute approximate surface area is 109 Å². The third-order valence-electron chi connectivity index (χ3n) is 4.55. The molecule has 1 saturated carbocycles. The highest BCUT2D eigenvalue weighted by atomic mass is 16.4. The summed E-state index contributed by atoms with van der Waals surface area (Å²) in [6, 6.07) is 0.962. The zero-order chi connectivity index (χ0) is 13.3. The number of nitrogens with zero attached hydrogens (tertiary/aromatic N) is 2. The minimum Gasteiger partial charge on any atom is -0.480 e. The molecule has 0 radical (unpaired) electrons. The molecular weight excluding hydrogens is 230 g/mol. The lowest BCUT2D eigenvalue weighted by Gasteiger charge is -2.40. The maximum atomic E-state index is 11.1. The van der Waals surface area contributed by atoms with Crippen LogP contribution in [0.2, 0.25) is 0 Å². The molecule has 2 fully saturated rings. The van der Waals surface area contributed by atoms with Crippen molar-refractivity contribution in [2.24, 2.45) is 5.73 Å². The van der Waals surface area contributed by atoms with E-state index in [2.05, 4.69) is 23.6 Å². The van der Waals surface area contributed by atoms with Crippen molar-refractivity contribution in [1.29, 1.82) is 0 Å². The Morgan fingerprint density at radius 2 is 1.94 bits per heavy atom. The quantitative estimate of drug-likeness (QED) is 0.761. The van der Waals surface area contributed by atoms with Gasteiger partial charge in [-0.25, -0.2) is 0 Å². The van der Waals surface area contributed by atoms with Gasteiger partial charge in [-0.3, -0.25) is 14.6 Å². The molecule has 5 heteroatoms. The molecule has 0 aromatic heterocycles. The van der Waals surface area contributed by atoms with Crippen LogP contribution in [0.5, 0.6) is 0 Å². The van der Waals surface area contributed by atoms with E-state index in [0.29, 0.717) is 24.9 Å². The zero-order valence-electron chi connectivity index (χ0n) is 11.4. The minimum atomic E-state index is -0.986. The molecule has 0 bridgehead atoms. The molecule has 2 rings (SSSR count). The number of carboxylic acids is 1. The average Bonchev–Trinajstić information content (AvgIpc) is 2.73. The number of aliphatic carboxylic acids is 1. The average molecular weight is 255 g/mol. The van der Waals surface area contributed by atoms with Gasteiger partial charge >= 0.3 is 5.97 Å². The smallest absolute Gasteiger partial charge is 0.323 e. The molecular formula is C13H25N3O2. The molecule has 2 unspecified atom stereocenters. The third-order valence-corrected chi connectivity index (χ3v) is 4.55. The molecule has 104 valence electrons. The van der Waals surface area contributed by atoms with Crippen LogP contribution in [-0.2, 0) is 4.79 Å². The second-order valence-corrected chi connectivity index (χ2v) is 6.02. The highest BCUT2D eigenvalue weighted by Crippen LogP contribution is 2.32. The van der Waals surface area contributed by atoms with Crippen molar-refractivity contribution < 1.29 is 9.90 Å². The van der Waals surface area contributed by atoms with E-state index < -0.39 is 11.5 Å². The fraction of sp³-hybridized carbons (Fsp3) is 0.923. The van der Waals surface area contributed by atoms with Crippen molar-refractivity contribution in [2.75, 3.05) is 26.2 Å². The highest BCUT2D eigenvalue weighted by Gasteiger charge is 2.44. The molecule has 1 aliphatic carbocycles. The Kier molecular flexibility index (Phi) is 3.94. The van der Waals surface area contributed by atoms with Crippen LogP contribution in [0.1, 0.15) is 33.1 Å². The molecule has 0 aromatic carbocycles. The van der Waals surface area contributed by atoms with Crippen LogP contribution < -0.4 is 5.73 Å². The van der Waals surface area contributed by atoms with Crippen molar-refractivity contribution in [3.8, 4) is 0 Å². The fourth-order valence-corrected chi connectivity index (χ4v) is 3.17. The lowest BCUT2D eigenvalue weighted by molar-refractivity contribution is -0.143. The number of piperazine rings is 1. The monoisotopic (exact) mass is 255 g/mol. The van der Waals surface area contributed by atoms with E-state index in [4.69, 9.17) is 10.8 Å². The van der Waals surface area contributed by atoms with Gasteiger partial charge in [0, 0.05) is 38.3 Å².